The smallest absolute Gasteiger partial charge is 0.220 e. The zero-order valence-electron chi connectivity index (χ0n) is 13.7. The number of pyridine rings is 1. The van der Waals surface area contributed by atoms with Gasteiger partial charge in [-0.1, -0.05) is 26.8 Å². The molecular weight excluding hydrogens is 262 g/mol. The monoisotopic (exact) mass is 291 g/mol. The second-order valence-corrected chi connectivity index (χ2v) is 6.72. The molecule has 1 rings (SSSR count). The van der Waals surface area contributed by atoms with Crippen LogP contribution in [0.2, 0.25) is 0 Å². The van der Waals surface area contributed by atoms with E-state index < -0.39 is 0 Å². The van der Waals surface area contributed by atoms with Gasteiger partial charge in [-0.3, -0.25) is 9.78 Å². The molecule has 0 bridgehead atoms. The van der Waals surface area contributed by atoms with Crippen LogP contribution < -0.4 is 11.1 Å². The van der Waals surface area contributed by atoms with E-state index in [-0.39, 0.29) is 17.4 Å². The lowest BCUT2D eigenvalue weighted by molar-refractivity contribution is -0.122. The highest BCUT2D eigenvalue weighted by Crippen LogP contribution is 2.32. The van der Waals surface area contributed by atoms with Gasteiger partial charge in [-0.2, -0.15) is 0 Å². The fourth-order valence-electron chi connectivity index (χ4n) is 2.54. The summed E-state index contributed by atoms with van der Waals surface area (Å²) >= 11 is 0. The largest absolute Gasteiger partial charge is 0.348 e. The molecule has 0 aromatic carbocycles. The van der Waals surface area contributed by atoms with E-state index in [9.17, 15) is 4.79 Å². The van der Waals surface area contributed by atoms with Crippen molar-refractivity contribution in [1.29, 1.82) is 0 Å². The third-order valence-corrected chi connectivity index (χ3v) is 3.97. The van der Waals surface area contributed by atoms with Crippen LogP contribution in [0.5, 0.6) is 0 Å². The Labute approximate surface area is 128 Å². The van der Waals surface area contributed by atoms with Crippen molar-refractivity contribution in [3.63, 3.8) is 0 Å². The average molecular weight is 291 g/mol. The van der Waals surface area contributed by atoms with Crippen molar-refractivity contribution < 1.29 is 4.79 Å². The lowest BCUT2D eigenvalue weighted by Crippen LogP contribution is -2.29. The predicted molar refractivity (Wildman–Crippen MR) is 86.6 cm³/mol. The van der Waals surface area contributed by atoms with Crippen LogP contribution in [0, 0.1) is 11.3 Å². The molecule has 2 atom stereocenters. The summed E-state index contributed by atoms with van der Waals surface area (Å²) in [5, 5.41) is 3.01. The SMILES string of the molecule is CC(NC(=O)CCC(CCN)C(C)(C)C)c1ccccn1. The Balaban J connectivity index is 2.46. The van der Waals surface area contributed by atoms with Gasteiger partial charge in [0.2, 0.25) is 5.91 Å². The van der Waals surface area contributed by atoms with E-state index in [2.05, 4.69) is 31.1 Å². The van der Waals surface area contributed by atoms with Crippen molar-refractivity contribution in [2.45, 2.75) is 53.0 Å². The summed E-state index contributed by atoms with van der Waals surface area (Å²) in [6, 6.07) is 5.68. The molecule has 3 N–H and O–H groups in total. The van der Waals surface area contributed by atoms with E-state index in [0.717, 1.165) is 18.5 Å². The molecule has 21 heavy (non-hydrogen) atoms. The molecule has 0 aliphatic rings. The lowest BCUT2D eigenvalue weighted by Gasteiger charge is -2.30. The van der Waals surface area contributed by atoms with Gasteiger partial charge in [0.15, 0.2) is 0 Å². The van der Waals surface area contributed by atoms with Gasteiger partial charge in [0.25, 0.3) is 0 Å². The Morgan fingerprint density at radius 2 is 2.05 bits per heavy atom. The number of amides is 1. The van der Waals surface area contributed by atoms with E-state index in [4.69, 9.17) is 5.73 Å². The van der Waals surface area contributed by atoms with Crippen LogP contribution >= 0.6 is 0 Å². The Morgan fingerprint density at radius 1 is 1.33 bits per heavy atom. The summed E-state index contributed by atoms with van der Waals surface area (Å²) in [4.78, 5) is 16.4. The van der Waals surface area contributed by atoms with Gasteiger partial charge in [-0.15, -0.1) is 0 Å². The maximum atomic E-state index is 12.1. The third-order valence-electron chi connectivity index (χ3n) is 3.97. The molecule has 0 aliphatic heterocycles. The van der Waals surface area contributed by atoms with Crippen LogP contribution in [0.4, 0.5) is 0 Å². The second kappa shape index (κ2) is 8.13. The summed E-state index contributed by atoms with van der Waals surface area (Å²) in [5.74, 6) is 0.554. The molecule has 4 heteroatoms. The number of rotatable bonds is 7. The number of hydrogen-bond acceptors (Lipinski definition) is 3. The predicted octanol–water partition coefficient (Wildman–Crippen LogP) is 3.05. The van der Waals surface area contributed by atoms with Gasteiger partial charge in [0.1, 0.15) is 0 Å². The molecule has 1 aromatic heterocycles. The first-order valence-electron chi connectivity index (χ1n) is 7.75. The zero-order valence-corrected chi connectivity index (χ0v) is 13.7. The molecule has 0 spiro atoms. The standard InChI is InChI=1S/C17H29N3O/c1-13(15-7-5-6-12-19-15)20-16(21)9-8-14(10-11-18)17(2,3)4/h5-7,12-14H,8-11,18H2,1-4H3,(H,20,21). The second-order valence-electron chi connectivity index (χ2n) is 6.72. The van der Waals surface area contributed by atoms with Crippen LogP contribution in [0.1, 0.15) is 58.7 Å². The Bertz CT molecular complexity index is 425. The maximum Gasteiger partial charge on any atom is 0.220 e. The van der Waals surface area contributed by atoms with Crippen molar-refractivity contribution in [1.82, 2.24) is 10.3 Å². The van der Waals surface area contributed by atoms with E-state index in [0.29, 0.717) is 18.9 Å². The van der Waals surface area contributed by atoms with Crippen LogP contribution in [0.3, 0.4) is 0 Å². The van der Waals surface area contributed by atoms with E-state index in [1.165, 1.54) is 0 Å². The highest BCUT2D eigenvalue weighted by molar-refractivity contribution is 5.76. The number of aromatic nitrogens is 1. The number of hydrogen-bond donors (Lipinski definition) is 2. The Morgan fingerprint density at radius 3 is 2.57 bits per heavy atom. The maximum absolute atomic E-state index is 12.1. The van der Waals surface area contributed by atoms with Crippen LogP contribution in [-0.4, -0.2) is 17.4 Å². The minimum atomic E-state index is -0.0544. The van der Waals surface area contributed by atoms with Gasteiger partial charge >= 0.3 is 0 Å². The molecular formula is C17H29N3O. The zero-order chi connectivity index (χ0) is 15.9. The topological polar surface area (TPSA) is 68.0 Å². The first-order valence-corrected chi connectivity index (χ1v) is 7.75. The average Bonchev–Trinajstić information content (AvgIpc) is 2.43. The molecule has 0 saturated carbocycles. The fourth-order valence-corrected chi connectivity index (χ4v) is 2.54. The number of nitrogens with two attached hydrogens (primary N) is 1. The summed E-state index contributed by atoms with van der Waals surface area (Å²) in [6.07, 6.45) is 4.13. The van der Waals surface area contributed by atoms with Crippen molar-refractivity contribution in [2.75, 3.05) is 6.54 Å². The fraction of sp³-hybridized carbons (Fsp3) is 0.647. The van der Waals surface area contributed by atoms with Gasteiger partial charge < -0.3 is 11.1 Å². The van der Waals surface area contributed by atoms with Gasteiger partial charge in [0, 0.05) is 12.6 Å². The summed E-state index contributed by atoms with van der Waals surface area (Å²) in [5.41, 5.74) is 6.76. The van der Waals surface area contributed by atoms with Crippen LogP contribution in [0.15, 0.2) is 24.4 Å². The van der Waals surface area contributed by atoms with Crippen molar-refractivity contribution in [3.8, 4) is 0 Å². The third kappa shape index (κ3) is 6.25. The highest BCUT2D eigenvalue weighted by Gasteiger charge is 2.24. The summed E-state index contributed by atoms with van der Waals surface area (Å²) in [6.45, 7) is 9.26. The number of nitrogens with zero attached hydrogens (tertiary/aromatic N) is 1. The summed E-state index contributed by atoms with van der Waals surface area (Å²) < 4.78 is 0. The molecule has 0 saturated heterocycles. The van der Waals surface area contributed by atoms with Crippen LogP contribution in [0.25, 0.3) is 0 Å². The Kier molecular flexibility index (Phi) is 6.82. The van der Waals surface area contributed by atoms with Gasteiger partial charge in [0.05, 0.1) is 11.7 Å². The van der Waals surface area contributed by atoms with Crippen LogP contribution in [-0.2, 0) is 4.79 Å². The molecule has 0 radical (unpaired) electrons. The Hall–Kier alpha value is -1.42. The molecule has 0 aliphatic carbocycles. The number of nitrogens with one attached hydrogen (secondary N) is 1. The minimum absolute atomic E-state index is 0.0544. The van der Waals surface area contributed by atoms with Crippen molar-refractivity contribution >= 4 is 5.91 Å². The number of carbonyl (C=O) groups is 1. The molecule has 118 valence electrons. The quantitative estimate of drug-likeness (QED) is 0.811. The normalized spacial score (nSPS) is 14.5. The highest BCUT2D eigenvalue weighted by atomic mass is 16.1. The molecule has 2 unspecified atom stereocenters. The molecule has 1 aromatic rings. The molecule has 4 nitrogen and oxygen atoms in total. The first-order chi connectivity index (χ1) is 9.84. The van der Waals surface area contributed by atoms with Gasteiger partial charge in [-0.25, -0.2) is 0 Å². The first kappa shape index (κ1) is 17.6. The molecule has 1 heterocycles. The van der Waals surface area contributed by atoms with Crippen molar-refractivity contribution in [2.24, 2.45) is 17.1 Å². The minimum Gasteiger partial charge on any atom is -0.348 e. The molecule has 1 amide bonds. The van der Waals surface area contributed by atoms with E-state index >= 15 is 0 Å². The molecule has 0 fully saturated rings. The van der Waals surface area contributed by atoms with Crippen molar-refractivity contribution in [3.05, 3.63) is 30.1 Å². The van der Waals surface area contributed by atoms with Gasteiger partial charge in [-0.05, 0) is 49.8 Å². The summed E-state index contributed by atoms with van der Waals surface area (Å²) in [7, 11) is 0. The number of carbonyl (C=O) groups excluding carboxylic acids is 1. The van der Waals surface area contributed by atoms with E-state index in [1.54, 1.807) is 6.20 Å². The lowest BCUT2D eigenvalue weighted by atomic mass is 9.76. The van der Waals surface area contributed by atoms with E-state index in [1.807, 2.05) is 25.1 Å².